The minimum absolute atomic E-state index is 0.0177. The first-order chi connectivity index (χ1) is 9.18. The maximum atomic E-state index is 12.1. The lowest BCUT2D eigenvalue weighted by molar-refractivity contribution is -0.124. The fourth-order valence-corrected chi connectivity index (χ4v) is 2.61. The lowest BCUT2D eigenvalue weighted by Gasteiger charge is -2.27. The zero-order valence-corrected chi connectivity index (χ0v) is 11.0. The minimum atomic E-state index is -0.558. The van der Waals surface area contributed by atoms with E-state index in [0.717, 1.165) is 31.6 Å². The van der Waals surface area contributed by atoms with Crippen molar-refractivity contribution in [2.45, 2.75) is 25.3 Å². The van der Waals surface area contributed by atoms with Gasteiger partial charge in [-0.3, -0.25) is 10.1 Å². The van der Waals surface area contributed by atoms with Crippen LogP contribution in [0.4, 0.5) is 5.69 Å². The topological polar surface area (TPSA) is 65.5 Å². The molecule has 100 valence electrons. The van der Waals surface area contributed by atoms with Crippen LogP contribution in [0.2, 0.25) is 0 Å². The van der Waals surface area contributed by atoms with Gasteiger partial charge in [0.25, 0.3) is 5.91 Å². The van der Waals surface area contributed by atoms with Gasteiger partial charge in [0.05, 0.1) is 0 Å². The number of nitrogens with one attached hydrogen (secondary N) is 3. The summed E-state index contributed by atoms with van der Waals surface area (Å²) >= 11 is 0. The van der Waals surface area contributed by atoms with Crippen molar-refractivity contribution in [3.8, 4) is 0 Å². The monoisotopic (exact) mass is 258 g/mol. The molecule has 5 nitrogen and oxygen atoms in total. The Morgan fingerprint density at radius 3 is 2.84 bits per heavy atom. The number of nitrogens with zero attached hydrogens (tertiary/aromatic N) is 1. The van der Waals surface area contributed by atoms with Gasteiger partial charge in [-0.05, 0) is 50.6 Å². The fourth-order valence-electron chi connectivity index (χ4n) is 2.61. The van der Waals surface area contributed by atoms with Crippen molar-refractivity contribution in [2.75, 3.05) is 18.4 Å². The van der Waals surface area contributed by atoms with Crippen LogP contribution in [0.25, 0.3) is 0 Å². The van der Waals surface area contributed by atoms with Crippen LogP contribution in [0.3, 0.4) is 0 Å². The van der Waals surface area contributed by atoms with Crippen LogP contribution >= 0.6 is 0 Å². The van der Waals surface area contributed by atoms with Gasteiger partial charge >= 0.3 is 0 Å². The molecule has 0 saturated carbocycles. The number of benzene rings is 1. The minimum Gasteiger partial charge on any atom is -0.326 e. The lowest BCUT2D eigenvalue weighted by Crippen LogP contribution is -2.47. The van der Waals surface area contributed by atoms with Crippen molar-refractivity contribution >= 4 is 17.6 Å². The first-order valence-electron chi connectivity index (χ1n) is 6.64. The highest BCUT2D eigenvalue weighted by Crippen LogP contribution is 2.27. The van der Waals surface area contributed by atoms with Crippen LogP contribution in [0.1, 0.15) is 18.4 Å². The van der Waals surface area contributed by atoms with E-state index in [0.29, 0.717) is 5.96 Å². The number of anilines is 1. The summed E-state index contributed by atoms with van der Waals surface area (Å²) in [6.07, 6.45) is 1.52. The van der Waals surface area contributed by atoms with Crippen LogP contribution in [-0.4, -0.2) is 30.5 Å². The summed E-state index contributed by atoms with van der Waals surface area (Å²) in [5.74, 6) is 0.585. The molecule has 1 aromatic carbocycles. The molecule has 1 fully saturated rings. The molecule has 0 radical (unpaired) electrons. The molecule has 5 heteroatoms. The van der Waals surface area contributed by atoms with E-state index in [2.05, 4.69) is 20.9 Å². The molecule has 0 aromatic heterocycles. The highest BCUT2D eigenvalue weighted by molar-refractivity contribution is 6.12. The van der Waals surface area contributed by atoms with Crippen LogP contribution in [0.15, 0.2) is 29.3 Å². The second kappa shape index (κ2) is 4.66. The first kappa shape index (κ1) is 12.2. The third-order valence-electron chi connectivity index (χ3n) is 3.69. The molecule has 19 heavy (non-hydrogen) atoms. The molecule has 0 unspecified atom stereocenters. The third kappa shape index (κ3) is 2.33. The average molecular weight is 258 g/mol. The molecule has 1 aromatic rings. The smallest absolute Gasteiger partial charge is 0.254 e. The summed E-state index contributed by atoms with van der Waals surface area (Å²) in [6.45, 7) is 3.72. The highest BCUT2D eigenvalue weighted by Gasteiger charge is 2.44. The van der Waals surface area contributed by atoms with Gasteiger partial charge in [0, 0.05) is 5.69 Å². The van der Waals surface area contributed by atoms with Crippen molar-refractivity contribution in [2.24, 2.45) is 4.99 Å². The van der Waals surface area contributed by atoms with E-state index in [1.165, 1.54) is 5.56 Å². The van der Waals surface area contributed by atoms with E-state index in [1.54, 1.807) is 0 Å². The van der Waals surface area contributed by atoms with E-state index in [-0.39, 0.29) is 5.91 Å². The number of rotatable bonds is 1. The summed E-state index contributed by atoms with van der Waals surface area (Å²) in [5.41, 5.74) is 1.56. The zero-order chi connectivity index (χ0) is 13.3. The predicted octanol–water partition coefficient (Wildman–Crippen LogP) is 1.01. The Morgan fingerprint density at radius 2 is 2.11 bits per heavy atom. The number of carbonyl (C=O) groups excluding carboxylic acids is 1. The van der Waals surface area contributed by atoms with E-state index in [1.807, 2.05) is 31.2 Å². The Kier molecular flexibility index (Phi) is 2.98. The average Bonchev–Trinajstić information content (AvgIpc) is 2.66. The number of hydrogen-bond acceptors (Lipinski definition) is 4. The van der Waals surface area contributed by atoms with Crippen LogP contribution in [0, 0.1) is 6.92 Å². The summed E-state index contributed by atoms with van der Waals surface area (Å²) in [5, 5.41) is 9.29. The molecular weight excluding hydrogens is 240 g/mol. The van der Waals surface area contributed by atoms with Gasteiger partial charge in [0.1, 0.15) is 5.54 Å². The number of aliphatic imine (C=N–C) groups is 1. The number of carbonyl (C=O) groups is 1. The quantitative estimate of drug-likeness (QED) is 0.704. The van der Waals surface area contributed by atoms with Crippen LogP contribution < -0.4 is 16.0 Å². The SMILES string of the molecule is Cc1cccc(NC2=NC3(CCNCC3)C(=O)N2)c1. The Labute approximate surface area is 112 Å². The maximum Gasteiger partial charge on any atom is 0.254 e. The van der Waals surface area contributed by atoms with E-state index in [4.69, 9.17) is 0 Å². The van der Waals surface area contributed by atoms with Gasteiger partial charge in [0.2, 0.25) is 5.96 Å². The normalized spacial score (nSPS) is 21.1. The largest absolute Gasteiger partial charge is 0.326 e. The molecule has 1 amide bonds. The molecule has 2 heterocycles. The maximum absolute atomic E-state index is 12.1. The summed E-state index contributed by atoms with van der Waals surface area (Å²) in [4.78, 5) is 16.7. The highest BCUT2D eigenvalue weighted by atomic mass is 16.2. The molecule has 3 rings (SSSR count). The second-order valence-corrected chi connectivity index (χ2v) is 5.19. The van der Waals surface area contributed by atoms with Gasteiger partial charge < -0.3 is 10.6 Å². The van der Waals surface area contributed by atoms with Crippen molar-refractivity contribution in [3.63, 3.8) is 0 Å². The van der Waals surface area contributed by atoms with E-state index >= 15 is 0 Å². The van der Waals surface area contributed by atoms with E-state index < -0.39 is 5.54 Å². The molecule has 3 N–H and O–H groups in total. The molecule has 1 spiro atoms. The molecular formula is C14H18N4O. The molecule has 0 aliphatic carbocycles. The van der Waals surface area contributed by atoms with Gasteiger partial charge in [-0.2, -0.15) is 0 Å². The number of amides is 1. The van der Waals surface area contributed by atoms with Gasteiger partial charge in [-0.1, -0.05) is 12.1 Å². The Balaban J connectivity index is 1.79. The van der Waals surface area contributed by atoms with Crippen molar-refractivity contribution in [3.05, 3.63) is 29.8 Å². The van der Waals surface area contributed by atoms with E-state index in [9.17, 15) is 4.79 Å². The number of aryl methyl sites for hydroxylation is 1. The second-order valence-electron chi connectivity index (χ2n) is 5.19. The van der Waals surface area contributed by atoms with Crippen LogP contribution in [-0.2, 0) is 4.79 Å². The Morgan fingerprint density at radius 1 is 1.32 bits per heavy atom. The van der Waals surface area contributed by atoms with Gasteiger partial charge in [0.15, 0.2) is 0 Å². The Bertz CT molecular complexity index is 532. The third-order valence-corrected chi connectivity index (χ3v) is 3.69. The van der Waals surface area contributed by atoms with Crippen molar-refractivity contribution in [1.29, 1.82) is 0 Å². The lowest BCUT2D eigenvalue weighted by atomic mass is 9.89. The van der Waals surface area contributed by atoms with Gasteiger partial charge in [-0.15, -0.1) is 0 Å². The predicted molar refractivity (Wildman–Crippen MR) is 75.2 cm³/mol. The number of guanidine groups is 1. The zero-order valence-electron chi connectivity index (χ0n) is 11.0. The summed E-state index contributed by atoms with van der Waals surface area (Å²) in [7, 11) is 0. The molecule has 0 bridgehead atoms. The summed E-state index contributed by atoms with van der Waals surface area (Å²) < 4.78 is 0. The molecule has 2 aliphatic heterocycles. The molecule has 0 atom stereocenters. The number of hydrogen-bond donors (Lipinski definition) is 3. The van der Waals surface area contributed by atoms with Gasteiger partial charge in [-0.25, -0.2) is 4.99 Å². The standard InChI is InChI=1S/C14H18N4O/c1-10-3-2-4-11(9-10)16-13-17-12(19)14(18-13)5-7-15-8-6-14/h2-4,9,15H,5-8H2,1H3,(H2,16,17,18,19). The number of piperidine rings is 1. The van der Waals surface area contributed by atoms with Crippen molar-refractivity contribution < 1.29 is 4.79 Å². The molecule has 1 saturated heterocycles. The fraction of sp³-hybridized carbons (Fsp3) is 0.429. The Hall–Kier alpha value is -1.88. The molecule has 2 aliphatic rings. The first-order valence-corrected chi connectivity index (χ1v) is 6.64. The van der Waals surface area contributed by atoms with Crippen molar-refractivity contribution in [1.82, 2.24) is 10.6 Å². The summed E-state index contributed by atoms with van der Waals surface area (Å²) in [6, 6.07) is 8.01. The van der Waals surface area contributed by atoms with Crippen LogP contribution in [0.5, 0.6) is 0 Å².